The molecule has 25 heavy (non-hydrogen) atoms. The van der Waals surface area contributed by atoms with Crippen molar-refractivity contribution < 1.29 is 13.2 Å². The van der Waals surface area contributed by atoms with Gasteiger partial charge in [-0.3, -0.25) is 4.79 Å². The molecule has 0 aliphatic carbocycles. The van der Waals surface area contributed by atoms with Crippen LogP contribution < -0.4 is 10.0 Å². The minimum atomic E-state index is -3.70. The summed E-state index contributed by atoms with van der Waals surface area (Å²) in [5.74, 6) is -0.422. The van der Waals surface area contributed by atoms with Gasteiger partial charge in [0.05, 0.1) is 17.4 Å². The quantitative estimate of drug-likeness (QED) is 0.745. The third kappa shape index (κ3) is 5.01. The normalized spacial score (nSPS) is 10.7. The highest BCUT2D eigenvalue weighted by Gasteiger charge is 2.15. The molecule has 2 rings (SSSR count). The average molecular weight is 355 g/mol. The zero-order valence-electron chi connectivity index (χ0n) is 13.4. The van der Waals surface area contributed by atoms with Gasteiger partial charge in [-0.15, -0.1) is 6.58 Å². The second-order valence-electron chi connectivity index (χ2n) is 5.15. The van der Waals surface area contributed by atoms with Gasteiger partial charge in [0.15, 0.2) is 0 Å². The van der Waals surface area contributed by atoms with Gasteiger partial charge in [-0.25, -0.2) is 13.1 Å². The summed E-state index contributed by atoms with van der Waals surface area (Å²) in [6.45, 7) is 3.56. The maximum atomic E-state index is 12.3. The molecular weight excluding hydrogens is 338 g/mol. The molecule has 1 amide bonds. The van der Waals surface area contributed by atoms with E-state index in [1.165, 1.54) is 30.3 Å². The van der Waals surface area contributed by atoms with Gasteiger partial charge in [0.25, 0.3) is 5.91 Å². The topological polar surface area (TPSA) is 99.1 Å². The van der Waals surface area contributed by atoms with Gasteiger partial charge in [0, 0.05) is 17.8 Å². The molecule has 0 radical (unpaired) electrons. The largest absolute Gasteiger partial charge is 0.322 e. The molecule has 0 fully saturated rings. The minimum Gasteiger partial charge on any atom is -0.322 e. The second kappa shape index (κ2) is 8.24. The van der Waals surface area contributed by atoms with Crippen molar-refractivity contribution in [3.05, 3.63) is 72.3 Å². The summed E-state index contributed by atoms with van der Waals surface area (Å²) in [7, 11) is -3.70. The molecule has 6 nitrogen and oxygen atoms in total. The van der Waals surface area contributed by atoms with Crippen LogP contribution >= 0.6 is 0 Å². The third-order valence-electron chi connectivity index (χ3n) is 3.32. The Morgan fingerprint density at radius 3 is 2.56 bits per heavy atom. The number of carbonyl (C=O) groups is 1. The number of hydrogen-bond acceptors (Lipinski definition) is 4. The highest BCUT2D eigenvalue weighted by atomic mass is 32.2. The first-order chi connectivity index (χ1) is 12.0. The summed E-state index contributed by atoms with van der Waals surface area (Å²) in [5, 5.41) is 11.3. The number of rotatable bonds is 7. The maximum Gasteiger partial charge on any atom is 0.255 e. The van der Waals surface area contributed by atoms with E-state index in [1.807, 2.05) is 6.07 Å². The van der Waals surface area contributed by atoms with Crippen LogP contribution in [0.4, 0.5) is 5.69 Å². The van der Waals surface area contributed by atoms with Gasteiger partial charge >= 0.3 is 0 Å². The number of benzene rings is 2. The summed E-state index contributed by atoms with van der Waals surface area (Å²) < 4.78 is 26.6. The predicted octanol–water partition coefficient (Wildman–Crippen LogP) is 2.47. The van der Waals surface area contributed by atoms with Crippen LogP contribution in [-0.2, 0) is 16.4 Å². The molecule has 0 heterocycles. The van der Waals surface area contributed by atoms with Gasteiger partial charge < -0.3 is 5.32 Å². The molecule has 2 N–H and O–H groups in total. The Bertz CT molecular complexity index is 913. The van der Waals surface area contributed by atoms with Crippen LogP contribution in [0.3, 0.4) is 0 Å². The highest BCUT2D eigenvalue weighted by Crippen LogP contribution is 2.15. The summed E-state index contributed by atoms with van der Waals surface area (Å²) in [4.78, 5) is 12.3. The molecule has 0 aliphatic heterocycles. The standard InChI is InChI=1S/C18H17N3O3S/c1-2-12-20-25(23,24)17-5-3-4-15(13-17)18(22)21-16-8-6-14(7-9-16)10-11-19/h2-9,13,20H,1,10,12H2,(H,21,22). The molecule has 0 saturated heterocycles. The van der Waals surface area contributed by atoms with E-state index in [0.717, 1.165) is 5.56 Å². The summed E-state index contributed by atoms with van der Waals surface area (Å²) in [5.41, 5.74) is 1.63. The van der Waals surface area contributed by atoms with Crippen molar-refractivity contribution in [3.8, 4) is 6.07 Å². The number of anilines is 1. The Hall–Kier alpha value is -2.95. The summed E-state index contributed by atoms with van der Waals surface area (Å²) in [6.07, 6.45) is 1.73. The van der Waals surface area contributed by atoms with Crippen molar-refractivity contribution in [2.45, 2.75) is 11.3 Å². The Labute approximate surface area is 146 Å². The van der Waals surface area contributed by atoms with Crippen molar-refractivity contribution in [2.75, 3.05) is 11.9 Å². The van der Waals surface area contributed by atoms with Crippen LogP contribution in [0.25, 0.3) is 0 Å². The minimum absolute atomic E-state index is 0.00590. The predicted molar refractivity (Wildman–Crippen MR) is 95.5 cm³/mol. The monoisotopic (exact) mass is 355 g/mol. The fourth-order valence-electron chi connectivity index (χ4n) is 2.06. The van der Waals surface area contributed by atoms with Crippen LogP contribution in [0.2, 0.25) is 0 Å². The van der Waals surface area contributed by atoms with Gasteiger partial charge in [-0.05, 0) is 35.9 Å². The SMILES string of the molecule is C=CCNS(=O)(=O)c1cccc(C(=O)Nc2ccc(CC#N)cc2)c1. The fourth-order valence-corrected chi connectivity index (χ4v) is 3.10. The van der Waals surface area contributed by atoms with Crippen molar-refractivity contribution in [2.24, 2.45) is 0 Å². The van der Waals surface area contributed by atoms with Crippen LogP contribution in [0.15, 0.2) is 66.1 Å². The van der Waals surface area contributed by atoms with Crippen molar-refractivity contribution in [3.63, 3.8) is 0 Å². The maximum absolute atomic E-state index is 12.3. The molecule has 0 atom stereocenters. The van der Waals surface area contributed by atoms with Crippen molar-refractivity contribution in [1.29, 1.82) is 5.26 Å². The fraction of sp³-hybridized carbons (Fsp3) is 0.111. The van der Waals surface area contributed by atoms with Crippen molar-refractivity contribution >= 4 is 21.6 Å². The Morgan fingerprint density at radius 1 is 1.20 bits per heavy atom. The van der Waals surface area contributed by atoms with E-state index < -0.39 is 15.9 Å². The summed E-state index contributed by atoms with van der Waals surface area (Å²) >= 11 is 0. The number of nitrogens with one attached hydrogen (secondary N) is 2. The van der Waals surface area contributed by atoms with E-state index >= 15 is 0 Å². The van der Waals surface area contributed by atoms with Crippen LogP contribution in [0.5, 0.6) is 0 Å². The second-order valence-corrected chi connectivity index (χ2v) is 6.92. The zero-order chi connectivity index (χ0) is 18.3. The molecule has 2 aromatic rings. The summed E-state index contributed by atoms with van der Waals surface area (Å²) in [6, 6.07) is 14.7. The van der Waals surface area contributed by atoms with E-state index in [0.29, 0.717) is 12.1 Å². The molecule has 0 saturated carbocycles. The van der Waals surface area contributed by atoms with Gasteiger partial charge in [0.2, 0.25) is 10.0 Å². The van der Waals surface area contributed by atoms with Gasteiger partial charge in [-0.1, -0.05) is 24.3 Å². The van der Waals surface area contributed by atoms with E-state index in [2.05, 4.69) is 16.6 Å². The van der Waals surface area contributed by atoms with E-state index in [4.69, 9.17) is 5.26 Å². The molecule has 0 unspecified atom stereocenters. The lowest BCUT2D eigenvalue weighted by atomic mass is 10.1. The number of nitriles is 1. The number of nitrogens with zero attached hydrogens (tertiary/aromatic N) is 1. The molecule has 7 heteroatoms. The van der Waals surface area contributed by atoms with E-state index in [9.17, 15) is 13.2 Å². The average Bonchev–Trinajstić information content (AvgIpc) is 2.62. The lowest BCUT2D eigenvalue weighted by molar-refractivity contribution is 0.102. The number of sulfonamides is 1. The molecule has 0 aliphatic rings. The Kier molecular flexibility index (Phi) is 6.06. The number of amides is 1. The van der Waals surface area contributed by atoms with E-state index in [-0.39, 0.29) is 17.0 Å². The Morgan fingerprint density at radius 2 is 1.92 bits per heavy atom. The lowest BCUT2D eigenvalue weighted by Crippen LogP contribution is -2.24. The van der Waals surface area contributed by atoms with Gasteiger partial charge in [0.1, 0.15) is 0 Å². The molecule has 2 aromatic carbocycles. The first kappa shape index (κ1) is 18.4. The third-order valence-corrected chi connectivity index (χ3v) is 4.74. The number of carbonyl (C=O) groups excluding carboxylic acids is 1. The molecule has 0 bridgehead atoms. The molecular formula is C18H17N3O3S. The first-order valence-electron chi connectivity index (χ1n) is 7.44. The van der Waals surface area contributed by atoms with Gasteiger partial charge in [-0.2, -0.15) is 5.26 Å². The molecule has 128 valence electrons. The zero-order valence-corrected chi connectivity index (χ0v) is 14.2. The van der Waals surface area contributed by atoms with Crippen molar-refractivity contribution in [1.82, 2.24) is 4.72 Å². The lowest BCUT2D eigenvalue weighted by Gasteiger charge is -2.08. The number of hydrogen-bond donors (Lipinski definition) is 2. The molecule has 0 spiro atoms. The van der Waals surface area contributed by atoms with Crippen LogP contribution in [0.1, 0.15) is 15.9 Å². The highest BCUT2D eigenvalue weighted by molar-refractivity contribution is 7.89. The van der Waals surface area contributed by atoms with E-state index in [1.54, 1.807) is 24.3 Å². The van der Waals surface area contributed by atoms with Crippen LogP contribution in [0, 0.1) is 11.3 Å². The Balaban J connectivity index is 2.16. The van der Waals surface area contributed by atoms with Crippen LogP contribution in [-0.4, -0.2) is 20.9 Å². The smallest absolute Gasteiger partial charge is 0.255 e. The first-order valence-corrected chi connectivity index (χ1v) is 8.92. The molecule has 0 aromatic heterocycles.